The second kappa shape index (κ2) is 8.57. The predicted molar refractivity (Wildman–Crippen MR) is 89.4 cm³/mol. The summed E-state index contributed by atoms with van der Waals surface area (Å²) in [5.41, 5.74) is 0. The topological polar surface area (TPSA) is 29.9 Å². The molecule has 1 saturated carbocycles. The van der Waals surface area contributed by atoms with E-state index < -0.39 is 0 Å². The first-order valence-electron chi connectivity index (χ1n) is 9.01. The summed E-state index contributed by atoms with van der Waals surface area (Å²) in [6.45, 7) is 8.97. The van der Waals surface area contributed by atoms with Gasteiger partial charge in [0.05, 0.1) is 0 Å². The Morgan fingerprint density at radius 3 is 2.90 bits per heavy atom. The van der Waals surface area contributed by atoms with Gasteiger partial charge in [-0.15, -0.1) is 0 Å². The van der Waals surface area contributed by atoms with Gasteiger partial charge in [-0.2, -0.15) is 0 Å². The zero-order valence-electron chi connectivity index (χ0n) is 14.1. The van der Waals surface area contributed by atoms with Crippen LogP contribution in [0.25, 0.3) is 0 Å². The van der Waals surface area contributed by atoms with Gasteiger partial charge >= 0.3 is 0 Å². The van der Waals surface area contributed by atoms with Crippen molar-refractivity contribution in [2.75, 3.05) is 6.54 Å². The minimum Gasteiger partial charge on any atom is -0.335 e. The van der Waals surface area contributed by atoms with Crippen LogP contribution in [-0.4, -0.2) is 22.1 Å². The van der Waals surface area contributed by atoms with Crippen LogP contribution in [0, 0.1) is 11.8 Å². The molecule has 1 aromatic heterocycles. The minimum atomic E-state index is 0.599. The van der Waals surface area contributed by atoms with Crippen molar-refractivity contribution in [2.24, 2.45) is 11.8 Å². The van der Waals surface area contributed by atoms with Crippen molar-refractivity contribution < 1.29 is 0 Å². The minimum absolute atomic E-state index is 0.599. The van der Waals surface area contributed by atoms with Crippen LogP contribution < -0.4 is 5.32 Å². The maximum atomic E-state index is 4.61. The summed E-state index contributed by atoms with van der Waals surface area (Å²) in [5, 5.41) is 3.75. The van der Waals surface area contributed by atoms with E-state index in [1.165, 1.54) is 44.3 Å². The van der Waals surface area contributed by atoms with Crippen molar-refractivity contribution in [1.29, 1.82) is 0 Å². The third-order valence-corrected chi connectivity index (χ3v) is 5.10. The van der Waals surface area contributed by atoms with E-state index in [2.05, 4.69) is 41.8 Å². The Morgan fingerprint density at radius 1 is 1.33 bits per heavy atom. The Morgan fingerprint density at radius 2 is 2.19 bits per heavy atom. The highest BCUT2D eigenvalue weighted by molar-refractivity contribution is 4.98. The third kappa shape index (κ3) is 4.57. The monoisotopic (exact) mass is 291 g/mol. The number of rotatable bonds is 8. The van der Waals surface area contributed by atoms with Gasteiger partial charge in [-0.05, 0) is 37.6 Å². The molecular weight excluding hydrogens is 258 g/mol. The van der Waals surface area contributed by atoms with E-state index in [0.717, 1.165) is 31.3 Å². The van der Waals surface area contributed by atoms with Crippen LogP contribution in [0.3, 0.4) is 0 Å². The van der Waals surface area contributed by atoms with Crippen LogP contribution in [0.5, 0.6) is 0 Å². The van der Waals surface area contributed by atoms with Gasteiger partial charge < -0.3 is 9.88 Å². The van der Waals surface area contributed by atoms with Crippen LogP contribution >= 0.6 is 0 Å². The van der Waals surface area contributed by atoms with E-state index in [1.54, 1.807) is 0 Å². The molecule has 21 heavy (non-hydrogen) atoms. The smallest absolute Gasteiger partial charge is 0.110 e. The fourth-order valence-corrected chi connectivity index (χ4v) is 3.91. The van der Waals surface area contributed by atoms with Gasteiger partial charge in [-0.3, -0.25) is 0 Å². The lowest BCUT2D eigenvalue weighted by Crippen LogP contribution is -2.40. The molecule has 120 valence electrons. The molecule has 3 nitrogen and oxygen atoms in total. The molecule has 3 heteroatoms. The van der Waals surface area contributed by atoms with Crippen molar-refractivity contribution in [1.82, 2.24) is 14.9 Å². The fraction of sp³-hybridized carbons (Fsp3) is 0.833. The molecule has 3 unspecified atom stereocenters. The number of nitrogens with zero attached hydrogens (tertiary/aromatic N) is 2. The Bertz CT molecular complexity index is 399. The number of likely N-dealkylation sites (N-methyl/N-ethyl adjacent to an activating group) is 1. The SMILES string of the molecule is CCCn1ccnc1CC(NCC)C1CCCC(CC)C1. The molecule has 0 radical (unpaired) electrons. The molecule has 0 aliphatic heterocycles. The summed E-state index contributed by atoms with van der Waals surface area (Å²) in [6, 6.07) is 0.599. The lowest BCUT2D eigenvalue weighted by atomic mass is 9.76. The van der Waals surface area contributed by atoms with Crippen molar-refractivity contribution in [2.45, 2.75) is 78.3 Å². The summed E-state index contributed by atoms with van der Waals surface area (Å²) >= 11 is 0. The zero-order chi connectivity index (χ0) is 15.1. The quantitative estimate of drug-likeness (QED) is 0.783. The van der Waals surface area contributed by atoms with Gasteiger partial charge in [-0.1, -0.05) is 40.0 Å². The Kier molecular flexibility index (Phi) is 6.75. The van der Waals surface area contributed by atoms with E-state index in [0.29, 0.717) is 6.04 Å². The molecule has 0 saturated heterocycles. The third-order valence-electron chi connectivity index (χ3n) is 5.10. The normalized spacial score (nSPS) is 24.1. The number of hydrogen-bond acceptors (Lipinski definition) is 2. The predicted octanol–water partition coefficient (Wildman–Crippen LogP) is 4.03. The van der Waals surface area contributed by atoms with E-state index >= 15 is 0 Å². The number of imidazole rings is 1. The van der Waals surface area contributed by atoms with Gasteiger partial charge in [0.1, 0.15) is 5.82 Å². The Hall–Kier alpha value is -0.830. The highest BCUT2D eigenvalue weighted by Gasteiger charge is 2.28. The van der Waals surface area contributed by atoms with E-state index in [9.17, 15) is 0 Å². The molecule has 0 spiro atoms. The van der Waals surface area contributed by atoms with Crippen molar-refractivity contribution >= 4 is 0 Å². The Balaban J connectivity index is 2.02. The molecule has 0 bridgehead atoms. The molecule has 1 aliphatic rings. The molecule has 2 rings (SSSR count). The van der Waals surface area contributed by atoms with Crippen LogP contribution in [0.2, 0.25) is 0 Å². The van der Waals surface area contributed by atoms with Crippen LogP contribution in [0.15, 0.2) is 12.4 Å². The average Bonchev–Trinajstić information content (AvgIpc) is 2.94. The van der Waals surface area contributed by atoms with Crippen LogP contribution in [-0.2, 0) is 13.0 Å². The molecule has 1 aliphatic carbocycles. The molecular formula is C18H33N3. The number of aromatic nitrogens is 2. The van der Waals surface area contributed by atoms with E-state index in [1.807, 2.05) is 6.20 Å². The Labute approximate surface area is 130 Å². The van der Waals surface area contributed by atoms with Crippen molar-refractivity contribution in [3.05, 3.63) is 18.2 Å². The van der Waals surface area contributed by atoms with E-state index in [-0.39, 0.29) is 0 Å². The number of hydrogen-bond donors (Lipinski definition) is 1. The first kappa shape index (κ1) is 16.5. The average molecular weight is 291 g/mol. The molecule has 0 amide bonds. The lowest BCUT2D eigenvalue weighted by molar-refractivity contribution is 0.206. The van der Waals surface area contributed by atoms with Gasteiger partial charge in [0.15, 0.2) is 0 Å². The van der Waals surface area contributed by atoms with Crippen molar-refractivity contribution in [3.63, 3.8) is 0 Å². The molecule has 0 aromatic carbocycles. The first-order chi connectivity index (χ1) is 10.3. The maximum Gasteiger partial charge on any atom is 0.110 e. The number of aryl methyl sites for hydroxylation is 1. The second-order valence-corrected chi connectivity index (χ2v) is 6.61. The molecule has 1 heterocycles. The van der Waals surface area contributed by atoms with Crippen LogP contribution in [0.1, 0.15) is 65.1 Å². The molecule has 1 N–H and O–H groups in total. The first-order valence-corrected chi connectivity index (χ1v) is 9.01. The van der Waals surface area contributed by atoms with Gasteiger partial charge in [-0.25, -0.2) is 4.98 Å². The lowest BCUT2D eigenvalue weighted by Gasteiger charge is -2.34. The fourth-order valence-electron chi connectivity index (χ4n) is 3.91. The summed E-state index contributed by atoms with van der Waals surface area (Å²) in [4.78, 5) is 4.61. The highest BCUT2D eigenvalue weighted by atomic mass is 15.1. The largest absolute Gasteiger partial charge is 0.335 e. The zero-order valence-corrected chi connectivity index (χ0v) is 14.1. The number of nitrogens with one attached hydrogen (secondary N) is 1. The summed E-state index contributed by atoms with van der Waals surface area (Å²) < 4.78 is 2.34. The van der Waals surface area contributed by atoms with Crippen LogP contribution in [0.4, 0.5) is 0 Å². The standard InChI is InChI=1S/C18H33N3/c1-4-11-21-12-10-20-18(21)14-17(19-6-3)16-9-7-8-15(5-2)13-16/h10,12,15-17,19H,4-9,11,13-14H2,1-3H3. The van der Waals surface area contributed by atoms with E-state index in [4.69, 9.17) is 0 Å². The van der Waals surface area contributed by atoms with Gasteiger partial charge in [0, 0.05) is 31.4 Å². The second-order valence-electron chi connectivity index (χ2n) is 6.61. The molecule has 3 atom stereocenters. The molecule has 1 fully saturated rings. The highest BCUT2D eigenvalue weighted by Crippen LogP contribution is 2.33. The van der Waals surface area contributed by atoms with Crippen molar-refractivity contribution in [3.8, 4) is 0 Å². The maximum absolute atomic E-state index is 4.61. The summed E-state index contributed by atoms with van der Waals surface area (Å²) in [7, 11) is 0. The van der Waals surface area contributed by atoms with Gasteiger partial charge in [0.2, 0.25) is 0 Å². The molecule has 1 aromatic rings. The summed E-state index contributed by atoms with van der Waals surface area (Å²) in [5.74, 6) is 3.04. The van der Waals surface area contributed by atoms with Gasteiger partial charge in [0.25, 0.3) is 0 Å². The summed E-state index contributed by atoms with van der Waals surface area (Å²) in [6.07, 6.45) is 13.4.